The van der Waals surface area contributed by atoms with Crippen LogP contribution in [-0.2, 0) is 0 Å². The van der Waals surface area contributed by atoms with E-state index in [-0.39, 0.29) is 5.56 Å². The predicted molar refractivity (Wildman–Crippen MR) is 70.6 cm³/mol. The van der Waals surface area contributed by atoms with Gasteiger partial charge in [-0.1, -0.05) is 0 Å². The van der Waals surface area contributed by atoms with Crippen LogP contribution in [-0.4, -0.2) is 30.3 Å². The van der Waals surface area contributed by atoms with Crippen molar-refractivity contribution in [3.05, 3.63) is 23.8 Å². The highest BCUT2D eigenvalue weighted by Crippen LogP contribution is 2.33. The third-order valence-corrected chi connectivity index (χ3v) is 3.66. The molecule has 4 nitrogen and oxygen atoms in total. The van der Waals surface area contributed by atoms with Gasteiger partial charge >= 0.3 is 5.97 Å². The lowest BCUT2D eigenvalue weighted by Crippen LogP contribution is -2.32. The lowest BCUT2D eigenvalue weighted by Gasteiger charge is -2.29. The molecule has 1 aromatic carbocycles. The molecule has 1 aromatic rings. The second-order valence-corrected chi connectivity index (χ2v) is 4.87. The standard InChI is InChI=1S/C14H19NO3/c1-9-4-5-10(2)15(9)11-6-7-13(18-3)12(8-11)14(16)17/h6-10H,4-5H2,1-3H3,(H,16,17)/t9-,10-/m1/s1. The molecule has 0 spiro atoms. The first kappa shape index (κ1) is 12.7. The molecule has 1 N–H and O–H groups in total. The first-order chi connectivity index (χ1) is 8.54. The Morgan fingerprint density at radius 3 is 2.44 bits per heavy atom. The molecule has 4 heteroatoms. The first-order valence-corrected chi connectivity index (χ1v) is 6.24. The number of rotatable bonds is 3. The van der Waals surface area contributed by atoms with Crippen molar-refractivity contribution >= 4 is 11.7 Å². The zero-order valence-electron chi connectivity index (χ0n) is 11.0. The predicted octanol–water partition coefficient (Wildman–Crippen LogP) is 2.77. The van der Waals surface area contributed by atoms with E-state index in [4.69, 9.17) is 4.74 Å². The van der Waals surface area contributed by atoms with Gasteiger partial charge in [-0.2, -0.15) is 0 Å². The summed E-state index contributed by atoms with van der Waals surface area (Å²) < 4.78 is 5.08. The van der Waals surface area contributed by atoms with Crippen molar-refractivity contribution in [2.45, 2.75) is 38.8 Å². The quantitative estimate of drug-likeness (QED) is 0.895. The van der Waals surface area contributed by atoms with E-state index < -0.39 is 5.97 Å². The van der Waals surface area contributed by atoms with E-state index in [1.54, 1.807) is 12.1 Å². The van der Waals surface area contributed by atoms with Crippen LogP contribution in [0.15, 0.2) is 18.2 Å². The monoisotopic (exact) mass is 249 g/mol. The van der Waals surface area contributed by atoms with Crippen LogP contribution >= 0.6 is 0 Å². The van der Waals surface area contributed by atoms with Crippen molar-refractivity contribution in [3.63, 3.8) is 0 Å². The molecule has 1 aliphatic rings. The van der Waals surface area contributed by atoms with Crippen LogP contribution in [0.5, 0.6) is 5.75 Å². The molecule has 0 amide bonds. The summed E-state index contributed by atoms with van der Waals surface area (Å²) in [6, 6.07) is 6.28. The minimum absolute atomic E-state index is 0.223. The Labute approximate surface area is 107 Å². The maximum Gasteiger partial charge on any atom is 0.339 e. The summed E-state index contributed by atoms with van der Waals surface area (Å²) in [5.74, 6) is -0.543. The number of nitrogens with zero attached hydrogens (tertiary/aromatic N) is 1. The van der Waals surface area contributed by atoms with Crippen molar-refractivity contribution in [2.24, 2.45) is 0 Å². The Morgan fingerprint density at radius 2 is 1.94 bits per heavy atom. The Morgan fingerprint density at radius 1 is 1.33 bits per heavy atom. The summed E-state index contributed by atoms with van der Waals surface area (Å²) in [5, 5.41) is 9.20. The van der Waals surface area contributed by atoms with Crippen LogP contribution in [0.4, 0.5) is 5.69 Å². The Hall–Kier alpha value is -1.71. The SMILES string of the molecule is COc1ccc(N2[C@H](C)CC[C@H]2C)cc1C(=O)O. The topological polar surface area (TPSA) is 49.8 Å². The summed E-state index contributed by atoms with van der Waals surface area (Å²) in [7, 11) is 1.49. The number of carboxylic acids is 1. The highest BCUT2D eigenvalue weighted by atomic mass is 16.5. The fourth-order valence-corrected chi connectivity index (χ4v) is 2.73. The van der Waals surface area contributed by atoms with Crippen molar-refractivity contribution in [2.75, 3.05) is 12.0 Å². The van der Waals surface area contributed by atoms with Gasteiger partial charge in [0.1, 0.15) is 11.3 Å². The van der Waals surface area contributed by atoms with Crippen LogP contribution in [0.1, 0.15) is 37.0 Å². The molecule has 0 radical (unpaired) electrons. The van der Waals surface area contributed by atoms with Gasteiger partial charge in [-0.05, 0) is 44.9 Å². The van der Waals surface area contributed by atoms with E-state index in [0.717, 1.165) is 18.5 Å². The summed E-state index contributed by atoms with van der Waals surface area (Å²) in [5.41, 5.74) is 1.19. The van der Waals surface area contributed by atoms with E-state index in [9.17, 15) is 9.90 Å². The molecule has 0 unspecified atom stereocenters. The fraction of sp³-hybridized carbons (Fsp3) is 0.500. The number of aromatic carboxylic acids is 1. The van der Waals surface area contributed by atoms with Gasteiger partial charge in [0.25, 0.3) is 0 Å². The molecule has 2 atom stereocenters. The third kappa shape index (κ3) is 2.15. The first-order valence-electron chi connectivity index (χ1n) is 6.24. The molecule has 0 aliphatic carbocycles. The maximum absolute atomic E-state index is 11.2. The van der Waals surface area contributed by atoms with Crippen LogP contribution in [0.2, 0.25) is 0 Å². The van der Waals surface area contributed by atoms with Gasteiger partial charge < -0.3 is 14.7 Å². The van der Waals surface area contributed by atoms with Crippen molar-refractivity contribution in [1.82, 2.24) is 0 Å². The molecule has 18 heavy (non-hydrogen) atoms. The normalized spacial score (nSPS) is 23.2. The number of anilines is 1. The summed E-state index contributed by atoms with van der Waals surface area (Å²) in [4.78, 5) is 13.5. The van der Waals surface area contributed by atoms with Gasteiger partial charge in [-0.25, -0.2) is 4.79 Å². The van der Waals surface area contributed by atoms with Gasteiger partial charge in [0.2, 0.25) is 0 Å². The average Bonchev–Trinajstić information content (AvgIpc) is 2.68. The zero-order valence-corrected chi connectivity index (χ0v) is 11.0. The number of carbonyl (C=O) groups is 1. The van der Waals surface area contributed by atoms with E-state index in [1.807, 2.05) is 6.07 Å². The molecule has 0 bridgehead atoms. The fourth-order valence-electron chi connectivity index (χ4n) is 2.73. The van der Waals surface area contributed by atoms with Crippen LogP contribution < -0.4 is 9.64 Å². The second-order valence-electron chi connectivity index (χ2n) is 4.87. The summed E-state index contributed by atoms with van der Waals surface area (Å²) >= 11 is 0. The summed E-state index contributed by atoms with van der Waals surface area (Å²) in [6.45, 7) is 4.35. The van der Waals surface area contributed by atoms with E-state index in [1.165, 1.54) is 7.11 Å². The minimum Gasteiger partial charge on any atom is -0.496 e. The number of ether oxygens (including phenoxy) is 1. The van der Waals surface area contributed by atoms with E-state index in [2.05, 4.69) is 18.7 Å². The van der Waals surface area contributed by atoms with Gasteiger partial charge in [-0.15, -0.1) is 0 Å². The number of methoxy groups -OCH3 is 1. The number of hydrogen-bond donors (Lipinski definition) is 1. The molecule has 0 aromatic heterocycles. The van der Waals surface area contributed by atoms with Crippen molar-refractivity contribution in [3.8, 4) is 5.75 Å². The van der Waals surface area contributed by atoms with Gasteiger partial charge in [0, 0.05) is 17.8 Å². The van der Waals surface area contributed by atoms with Crippen LogP contribution in [0.3, 0.4) is 0 Å². The molecule has 98 valence electrons. The van der Waals surface area contributed by atoms with Gasteiger partial charge in [0.05, 0.1) is 7.11 Å². The largest absolute Gasteiger partial charge is 0.496 e. The maximum atomic E-state index is 11.2. The summed E-state index contributed by atoms with van der Waals surface area (Å²) in [6.07, 6.45) is 2.30. The number of hydrogen-bond acceptors (Lipinski definition) is 3. The Kier molecular flexibility index (Phi) is 3.45. The molecule has 1 saturated heterocycles. The van der Waals surface area contributed by atoms with Gasteiger partial charge in [0.15, 0.2) is 0 Å². The highest BCUT2D eigenvalue weighted by molar-refractivity contribution is 5.92. The van der Waals surface area contributed by atoms with E-state index >= 15 is 0 Å². The molecule has 0 saturated carbocycles. The van der Waals surface area contributed by atoms with Crippen LogP contribution in [0.25, 0.3) is 0 Å². The van der Waals surface area contributed by atoms with Crippen LogP contribution in [0, 0.1) is 0 Å². The highest BCUT2D eigenvalue weighted by Gasteiger charge is 2.28. The lowest BCUT2D eigenvalue weighted by molar-refractivity contribution is 0.0693. The molecule has 1 fully saturated rings. The smallest absolute Gasteiger partial charge is 0.339 e. The van der Waals surface area contributed by atoms with Gasteiger partial charge in [-0.3, -0.25) is 0 Å². The van der Waals surface area contributed by atoms with E-state index in [0.29, 0.717) is 17.8 Å². The average molecular weight is 249 g/mol. The molecule has 2 rings (SSSR count). The molecule has 1 heterocycles. The minimum atomic E-state index is -0.951. The van der Waals surface area contributed by atoms with Crippen molar-refractivity contribution < 1.29 is 14.6 Å². The Balaban J connectivity index is 2.40. The number of benzene rings is 1. The third-order valence-electron chi connectivity index (χ3n) is 3.66. The van der Waals surface area contributed by atoms with Crippen molar-refractivity contribution in [1.29, 1.82) is 0 Å². The number of carboxylic acid groups (broad SMARTS) is 1. The molecular weight excluding hydrogens is 230 g/mol. The zero-order chi connectivity index (χ0) is 13.3. The Bertz CT molecular complexity index is 448. The second kappa shape index (κ2) is 4.88. The molecular formula is C14H19NO3. The molecule has 1 aliphatic heterocycles. The lowest BCUT2D eigenvalue weighted by atomic mass is 10.1.